The first-order valence-electron chi connectivity index (χ1n) is 11.0. The predicted molar refractivity (Wildman–Crippen MR) is 123 cm³/mol. The molecule has 0 spiro atoms. The van der Waals surface area contributed by atoms with Crippen molar-refractivity contribution < 1.29 is 45.0 Å². The Labute approximate surface area is 217 Å². The third-order valence-electron chi connectivity index (χ3n) is 5.64. The van der Waals surface area contributed by atoms with Crippen LogP contribution >= 0.6 is 11.6 Å². The highest BCUT2D eigenvalue weighted by molar-refractivity contribution is 6.30. The molecule has 206 valence electrons. The Morgan fingerprint density at radius 2 is 1.66 bits per heavy atom. The predicted octanol–water partition coefficient (Wildman–Crippen LogP) is 6.15. The highest BCUT2D eigenvalue weighted by atomic mass is 35.5. The van der Waals surface area contributed by atoms with Crippen molar-refractivity contribution in [3.05, 3.63) is 94.5 Å². The number of rotatable bonds is 11. The first-order chi connectivity index (χ1) is 17.7. The van der Waals surface area contributed by atoms with Gasteiger partial charge in [0.05, 0.1) is 16.1 Å². The van der Waals surface area contributed by atoms with Crippen molar-refractivity contribution in [2.24, 2.45) is 0 Å². The van der Waals surface area contributed by atoms with E-state index in [9.17, 15) is 40.2 Å². The van der Waals surface area contributed by atoms with Gasteiger partial charge in [-0.25, -0.2) is 4.39 Å². The average molecular weight is 569 g/mol. The van der Waals surface area contributed by atoms with Crippen LogP contribution in [0.4, 0.5) is 35.1 Å². The maximum absolute atomic E-state index is 14.7. The number of nitrogens with one attached hydrogen (secondary N) is 1. The third-order valence-corrected chi connectivity index (χ3v) is 5.86. The third kappa shape index (κ3) is 7.33. The molecule has 0 saturated carbocycles. The molecule has 2 atom stereocenters. The minimum Gasteiger partial charge on any atom is -0.428 e. The number of aliphatic hydroxyl groups is 1. The monoisotopic (exact) mass is 568 g/mol. The Hall–Kier alpha value is -2.96. The summed E-state index contributed by atoms with van der Waals surface area (Å²) in [5.41, 5.74) is -0.966. The number of ether oxygens (including phenoxy) is 1. The summed E-state index contributed by atoms with van der Waals surface area (Å²) in [6.07, 6.45) is -15.7. The van der Waals surface area contributed by atoms with Gasteiger partial charge >= 0.3 is 18.7 Å². The molecule has 2 N–H and O–H groups in total. The molecule has 0 unspecified atom stereocenters. The van der Waals surface area contributed by atoms with Gasteiger partial charge < -0.3 is 15.2 Å². The molecule has 1 heterocycles. The van der Waals surface area contributed by atoms with Crippen LogP contribution in [0.15, 0.2) is 66.9 Å². The lowest BCUT2D eigenvalue weighted by atomic mass is 9.72. The number of nitrogens with zero attached hydrogens (tertiary/aromatic N) is 1. The van der Waals surface area contributed by atoms with E-state index in [0.717, 1.165) is 12.1 Å². The Bertz CT molecular complexity index is 1200. The highest BCUT2D eigenvalue weighted by Gasteiger charge is 2.45. The smallest absolute Gasteiger partial charge is 0.428 e. The molecule has 3 rings (SSSR count). The SMILES string of the molecule is O[C@H](CNC[C@](Cc1ccccc1)(c1cc(F)cc(OC(F)(F)C(F)F)c1)c1ccc(Cl)cn1)C(F)(F)F. The molecular weight excluding hydrogens is 548 g/mol. The maximum Gasteiger partial charge on any atom is 0.461 e. The molecule has 0 aliphatic carbocycles. The van der Waals surface area contributed by atoms with E-state index in [1.165, 1.54) is 18.3 Å². The summed E-state index contributed by atoms with van der Waals surface area (Å²) < 4.78 is 110. The van der Waals surface area contributed by atoms with E-state index in [0.29, 0.717) is 11.6 Å². The Morgan fingerprint density at radius 1 is 0.974 bits per heavy atom. The molecule has 0 amide bonds. The second-order valence-electron chi connectivity index (χ2n) is 8.43. The summed E-state index contributed by atoms with van der Waals surface area (Å²) in [6, 6.07) is 13.5. The van der Waals surface area contributed by atoms with E-state index in [2.05, 4.69) is 15.0 Å². The summed E-state index contributed by atoms with van der Waals surface area (Å²) in [6.45, 7) is -1.38. The Balaban J connectivity index is 2.17. The number of hydrogen-bond acceptors (Lipinski definition) is 4. The molecular formula is C25H21ClF8N2O2. The van der Waals surface area contributed by atoms with Gasteiger partial charge in [0.15, 0.2) is 6.10 Å². The fourth-order valence-electron chi connectivity index (χ4n) is 3.84. The number of hydrogen-bond donors (Lipinski definition) is 2. The first kappa shape index (κ1) is 29.6. The number of benzene rings is 2. The Kier molecular flexibility index (Phi) is 9.21. The van der Waals surface area contributed by atoms with Crippen LogP contribution in [-0.2, 0) is 11.8 Å². The van der Waals surface area contributed by atoms with Gasteiger partial charge in [-0.15, -0.1) is 0 Å². The van der Waals surface area contributed by atoms with Crippen molar-refractivity contribution in [1.82, 2.24) is 10.3 Å². The van der Waals surface area contributed by atoms with Crippen molar-refractivity contribution in [1.29, 1.82) is 0 Å². The lowest BCUT2D eigenvalue weighted by molar-refractivity contribution is -0.253. The van der Waals surface area contributed by atoms with Crippen molar-refractivity contribution in [2.75, 3.05) is 13.1 Å². The number of pyridine rings is 1. The molecule has 0 aliphatic heterocycles. The molecule has 0 radical (unpaired) electrons. The number of aliphatic hydroxyl groups excluding tert-OH is 1. The summed E-state index contributed by atoms with van der Waals surface area (Å²) in [5.74, 6) is -2.07. The molecule has 2 aromatic carbocycles. The average Bonchev–Trinajstić information content (AvgIpc) is 2.83. The second-order valence-corrected chi connectivity index (χ2v) is 8.87. The lowest BCUT2D eigenvalue weighted by Crippen LogP contribution is -2.46. The van der Waals surface area contributed by atoms with Crippen LogP contribution in [0.5, 0.6) is 5.75 Å². The van der Waals surface area contributed by atoms with E-state index >= 15 is 0 Å². The van der Waals surface area contributed by atoms with Crippen LogP contribution in [0.1, 0.15) is 16.8 Å². The summed E-state index contributed by atoms with van der Waals surface area (Å²) in [7, 11) is 0. The standard InChI is InChI=1S/C25H21ClF8N2O2/c26-17-6-7-20(36-12-17)23(11-15-4-2-1-3-5-15,14-35-13-21(37)24(30,31)32)16-8-18(27)10-19(9-16)38-25(33,34)22(28)29/h1-10,12,21-22,35,37H,11,13-14H2/t21-,23-/m1/s1. The zero-order chi connectivity index (χ0) is 28.1. The highest BCUT2D eigenvalue weighted by Crippen LogP contribution is 2.38. The number of halogens is 9. The quantitative estimate of drug-likeness (QED) is 0.272. The number of aromatic nitrogens is 1. The molecule has 3 aromatic rings. The fraction of sp³-hybridized carbons (Fsp3) is 0.320. The molecule has 1 aromatic heterocycles. The zero-order valence-electron chi connectivity index (χ0n) is 19.3. The molecule has 0 saturated heterocycles. The molecule has 0 aliphatic rings. The molecule has 38 heavy (non-hydrogen) atoms. The topological polar surface area (TPSA) is 54.4 Å². The van der Waals surface area contributed by atoms with Crippen LogP contribution in [0.3, 0.4) is 0 Å². The van der Waals surface area contributed by atoms with E-state index in [1.54, 1.807) is 30.3 Å². The summed E-state index contributed by atoms with van der Waals surface area (Å²) in [5, 5.41) is 12.2. The van der Waals surface area contributed by atoms with Gasteiger partial charge in [-0.05, 0) is 41.8 Å². The molecule has 13 heteroatoms. The minimum atomic E-state index is -4.94. The van der Waals surface area contributed by atoms with Gasteiger partial charge in [0, 0.05) is 25.4 Å². The molecule has 0 bridgehead atoms. The van der Waals surface area contributed by atoms with Gasteiger partial charge in [0.1, 0.15) is 11.6 Å². The van der Waals surface area contributed by atoms with Gasteiger partial charge in [0.25, 0.3) is 0 Å². The zero-order valence-corrected chi connectivity index (χ0v) is 20.1. The van der Waals surface area contributed by atoms with Gasteiger partial charge in [-0.3, -0.25) is 4.98 Å². The van der Waals surface area contributed by atoms with Gasteiger partial charge in [-0.2, -0.15) is 30.7 Å². The van der Waals surface area contributed by atoms with Crippen molar-refractivity contribution in [2.45, 2.75) is 36.7 Å². The van der Waals surface area contributed by atoms with E-state index in [1.807, 2.05) is 0 Å². The normalized spacial score (nSPS) is 14.8. The van der Waals surface area contributed by atoms with Crippen molar-refractivity contribution in [3.63, 3.8) is 0 Å². The summed E-state index contributed by atoms with van der Waals surface area (Å²) >= 11 is 5.95. The first-order valence-corrected chi connectivity index (χ1v) is 11.4. The summed E-state index contributed by atoms with van der Waals surface area (Å²) in [4.78, 5) is 4.24. The van der Waals surface area contributed by atoms with Gasteiger partial charge in [-0.1, -0.05) is 41.9 Å². The van der Waals surface area contributed by atoms with E-state index in [-0.39, 0.29) is 22.7 Å². The lowest BCUT2D eigenvalue weighted by Gasteiger charge is -2.35. The minimum absolute atomic E-state index is 0.0638. The van der Waals surface area contributed by atoms with Crippen LogP contribution in [0.25, 0.3) is 0 Å². The fourth-order valence-corrected chi connectivity index (χ4v) is 3.95. The number of alkyl halides is 7. The van der Waals surface area contributed by atoms with Crippen LogP contribution in [-0.4, -0.2) is 48.0 Å². The van der Waals surface area contributed by atoms with Crippen molar-refractivity contribution in [3.8, 4) is 5.75 Å². The van der Waals surface area contributed by atoms with Crippen molar-refractivity contribution >= 4 is 11.6 Å². The van der Waals surface area contributed by atoms with Crippen LogP contribution < -0.4 is 10.1 Å². The van der Waals surface area contributed by atoms with E-state index < -0.39 is 54.9 Å². The van der Waals surface area contributed by atoms with Gasteiger partial charge in [0.2, 0.25) is 0 Å². The molecule has 0 fully saturated rings. The second kappa shape index (κ2) is 11.8. The van der Waals surface area contributed by atoms with Crippen LogP contribution in [0.2, 0.25) is 5.02 Å². The van der Waals surface area contributed by atoms with Crippen LogP contribution in [0, 0.1) is 5.82 Å². The molecule has 4 nitrogen and oxygen atoms in total. The van der Waals surface area contributed by atoms with E-state index in [4.69, 9.17) is 11.6 Å². The maximum atomic E-state index is 14.7. The largest absolute Gasteiger partial charge is 0.461 e. The Morgan fingerprint density at radius 3 is 2.24 bits per heavy atom.